The first-order valence-electron chi connectivity index (χ1n) is 17.1. The number of aromatic nitrogens is 1. The van der Waals surface area contributed by atoms with Gasteiger partial charge in [0.2, 0.25) is 5.69 Å². The van der Waals surface area contributed by atoms with E-state index in [0.29, 0.717) is 32.1 Å². The number of carbonyl (C=O) groups excluding carboxylic acids is 2. The van der Waals surface area contributed by atoms with Crippen LogP contribution in [0.4, 0.5) is 0 Å². The molecule has 1 aliphatic heterocycles. The van der Waals surface area contributed by atoms with Gasteiger partial charge in [0.05, 0.1) is 6.61 Å². The fourth-order valence-electron chi connectivity index (χ4n) is 5.88. The van der Waals surface area contributed by atoms with Gasteiger partial charge >= 0.3 is 5.97 Å². The number of nitrogens with zero attached hydrogens (tertiary/aromatic N) is 1. The van der Waals surface area contributed by atoms with Crippen molar-refractivity contribution in [2.75, 3.05) is 26.4 Å². The Morgan fingerprint density at radius 3 is 1.93 bits per heavy atom. The lowest BCUT2D eigenvalue weighted by Crippen LogP contribution is -3.00. The van der Waals surface area contributed by atoms with Gasteiger partial charge in [-0.05, 0) is 33.1 Å². The Bertz CT molecular complexity index is 893. The molecule has 0 saturated carbocycles. The van der Waals surface area contributed by atoms with Crippen LogP contribution in [0.5, 0.6) is 0 Å². The van der Waals surface area contributed by atoms with Crippen molar-refractivity contribution < 1.29 is 40.8 Å². The van der Waals surface area contributed by atoms with Crippen molar-refractivity contribution in [2.24, 2.45) is 5.73 Å². The Hall–Kier alpha value is -1.54. The predicted octanol–water partition coefficient (Wildman–Crippen LogP) is 4.11. The Kier molecular flexibility index (Phi) is 21.0. The highest BCUT2D eigenvalue weighted by atomic mass is 35.5. The number of aryl methyl sites for hydroxylation is 1. The average Bonchev–Trinajstić information content (AvgIpc) is 3.47. The normalized spacial score (nSPS) is 17.8. The summed E-state index contributed by atoms with van der Waals surface area (Å²) in [5.74, 6) is -1.21. The lowest BCUT2D eigenvalue weighted by Gasteiger charge is -2.30. The van der Waals surface area contributed by atoms with Crippen molar-refractivity contribution in [3.63, 3.8) is 0 Å². The number of hydrogen-bond donors (Lipinski definition) is 1. The Labute approximate surface area is 268 Å². The lowest BCUT2D eigenvalue weighted by molar-refractivity contribution is -0.702. The van der Waals surface area contributed by atoms with Crippen molar-refractivity contribution in [3.05, 3.63) is 30.1 Å². The van der Waals surface area contributed by atoms with E-state index in [4.69, 9.17) is 19.9 Å². The summed E-state index contributed by atoms with van der Waals surface area (Å²) in [5, 5.41) is 0. The first-order valence-corrected chi connectivity index (χ1v) is 17.1. The van der Waals surface area contributed by atoms with Crippen molar-refractivity contribution in [1.82, 2.24) is 0 Å². The van der Waals surface area contributed by atoms with Crippen LogP contribution in [0.1, 0.15) is 142 Å². The number of unbranched alkanes of at least 4 members (excludes halogenated alkanes) is 15. The maximum atomic E-state index is 13.2. The molecular weight excluding hydrogens is 564 g/mol. The molecule has 2 heterocycles. The molecule has 248 valence electrons. The zero-order chi connectivity index (χ0) is 30.5. The second-order valence-electron chi connectivity index (χ2n) is 12.3. The van der Waals surface area contributed by atoms with Gasteiger partial charge in [-0.15, -0.1) is 0 Å². The molecule has 0 radical (unpaired) electrons. The molecule has 2 N–H and O–H groups in total. The Balaban J connectivity index is 0.00000924. The summed E-state index contributed by atoms with van der Waals surface area (Å²) in [7, 11) is 0. The van der Waals surface area contributed by atoms with Crippen molar-refractivity contribution in [1.29, 1.82) is 0 Å². The predicted molar refractivity (Wildman–Crippen MR) is 168 cm³/mol. The quantitative estimate of drug-likeness (QED) is 0.0762. The Morgan fingerprint density at radius 1 is 0.884 bits per heavy atom. The van der Waals surface area contributed by atoms with E-state index in [1.807, 2.05) is 13.0 Å². The van der Waals surface area contributed by atoms with E-state index in [1.54, 1.807) is 22.9 Å². The highest BCUT2D eigenvalue weighted by Crippen LogP contribution is 2.28. The maximum absolute atomic E-state index is 13.2. The monoisotopic (exact) mass is 624 g/mol. The summed E-state index contributed by atoms with van der Waals surface area (Å²) in [6.45, 7) is 7.80. The molecule has 2 unspecified atom stereocenters. The fourth-order valence-corrected chi connectivity index (χ4v) is 5.88. The van der Waals surface area contributed by atoms with Crippen molar-refractivity contribution in [3.8, 4) is 0 Å². The van der Waals surface area contributed by atoms with E-state index in [0.717, 1.165) is 19.3 Å². The van der Waals surface area contributed by atoms with Gasteiger partial charge in [-0.25, -0.2) is 9.36 Å². The largest absolute Gasteiger partial charge is 1.00 e. The van der Waals surface area contributed by atoms with Crippen LogP contribution < -0.4 is 22.7 Å². The molecule has 0 aromatic carbocycles. The van der Waals surface area contributed by atoms with Gasteiger partial charge in [0.1, 0.15) is 18.8 Å². The zero-order valence-corrected chi connectivity index (χ0v) is 28.3. The molecule has 1 aromatic heterocycles. The van der Waals surface area contributed by atoms with Crippen LogP contribution >= 0.6 is 0 Å². The van der Waals surface area contributed by atoms with E-state index in [2.05, 4.69) is 6.92 Å². The summed E-state index contributed by atoms with van der Waals surface area (Å²) >= 11 is 0. The van der Waals surface area contributed by atoms with Gasteiger partial charge in [-0.3, -0.25) is 4.79 Å². The summed E-state index contributed by atoms with van der Waals surface area (Å²) in [4.78, 5) is 25.8. The highest BCUT2D eigenvalue weighted by Gasteiger charge is 2.50. The minimum atomic E-state index is -1.87. The summed E-state index contributed by atoms with van der Waals surface area (Å²) in [6, 6.07) is 5.32. The van der Waals surface area contributed by atoms with Gasteiger partial charge in [-0.2, -0.15) is 0 Å². The minimum absolute atomic E-state index is 0. The second kappa shape index (κ2) is 22.9. The number of ketones is 1. The molecule has 0 aliphatic carbocycles. The van der Waals surface area contributed by atoms with Crippen LogP contribution in [0.2, 0.25) is 0 Å². The molecule has 2 atom stereocenters. The first kappa shape index (κ1) is 39.5. The lowest BCUT2D eigenvalue weighted by atomic mass is 9.90. The number of Topliss-reactive ketones (excluding diaryl/α,β-unsaturated/α-hetero) is 1. The van der Waals surface area contributed by atoms with Gasteiger partial charge in [0.25, 0.3) is 5.54 Å². The van der Waals surface area contributed by atoms with E-state index in [9.17, 15) is 9.59 Å². The standard InChI is InChI=1S/C35H61N2O5.ClH/c1-4-6-7-8-9-10-11-12-13-14-15-16-17-18-19-22-27-40-29-34(25-23-28-42-34)30-41-33(39)35(36,31(3)38)32-24-20-21-26-37(32)5-2;/h20-21,24,26H,4-19,22-23,25,27-30,36H2,1-3H3;1H/q+1;/p-1. The van der Waals surface area contributed by atoms with Crippen LogP contribution in [-0.4, -0.2) is 43.8 Å². The molecule has 1 aliphatic rings. The molecule has 0 bridgehead atoms. The van der Waals surface area contributed by atoms with Crippen molar-refractivity contribution in [2.45, 2.75) is 154 Å². The number of nitrogens with two attached hydrogens (primary N) is 1. The van der Waals surface area contributed by atoms with Gasteiger partial charge < -0.3 is 32.4 Å². The molecule has 43 heavy (non-hydrogen) atoms. The zero-order valence-electron chi connectivity index (χ0n) is 27.5. The maximum Gasteiger partial charge on any atom is 0.345 e. The summed E-state index contributed by atoms with van der Waals surface area (Å²) < 4.78 is 19.5. The summed E-state index contributed by atoms with van der Waals surface area (Å²) in [6.07, 6.45) is 24.9. The molecule has 0 spiro atoms. The second-order valence-corrected chi connectivity index (χ2v) is 12.3. The van der Waals surface area contributed by atoms with Crippen LogP contribution in [0, 0.1) is 0 Å². The molecule has 0 amide bonds. The third-order valence-electron chi connectivity index (χ3n) is 8.72. The fraction of sp³-hybridized carbons (Fsp3) is 0.800. The van der Waals surface area contributed by atoms with Crippen molar-refractivity contribution >= 4 is 11.8 Å². The van der Waals surface area contributed by atoms with E-state index >= 15 is 0 Å². The average molecular weight is 625 g/mol. The third kappa shape index (κ3) is 14.0. The number of rotatable bonds is 25. The number of carbonyl (C=O) groups is 2. The van der Waals surface area contributed by atoms with Gasteiger partial charge in [-0.1, -0.05) is 109 Å². The molecule has 2 rings (SSSR count). The number of hydrogen-bond acceptors (Lipinski definition) is 6. The molecular formula is C35H61ClN2O5. The number of pyridine rings is 1. The van der Waals surface area contributed by atoms with Crippen LogP contribution in [0.3, 0.4) is 0 Å². The van der Waals surface area contributed by atoms with Gasteiger partial charge in [0.15, 0.2) is 12.0 Å². The number of ether oxygens (including phenoxy) is 3. The third-order valence-corrected chi connectivity index (χ3v) is 8.72. The molecule has 1 aromatic rings. The van der Waals surface area contributed by atoms with Crippen LogP contribution in [-0.2, 0) is 35.9 Å². The molecule has 7 nitrogen and oxygen atoms in total. The first-order chi connectivity index (χ1) is 20.4. The summed E-state index contributed by atoms with van der Waals surface area (Å²) in [5.41, 5.74) is 4.31. The smallest absolute Gasteiger partial charge is 0.345 e. The van der Waals surface area contributed by atoms with E-state index < -0.39 is 22.9 Å². The van der Waals surface area contributed by atoms with Crippen LogP contribution in [0.15, 0.2) is 24.4 Å². The Morgan fingerprint density at radius 2 is 1.44 bits per heavy atom. The van der Waals surface area contributed by atoms with Gasteiger partial charge in [0, 0.05) is 25.3 Å². The highest BCUT2D eigenvalue weighted by molar-refractivity contribution is 6.07. The van der Waals surface area contributed by atoms with E-state index in [1.165, 1.54) is 103 Å². The SMILES string of the molecule is CCCCCCCCCCCCCCCCCCOCC1(COC(=O)C(N)(C(C)=O)c2cccc[n+]2CC)CCCO1.[Cl-]. The number of esters is 1. The van der Waals surface area contributed by atoms with E-state index in [-0.39, 0.29) is 19.0 Å². The van der Waals surface area contributed by atoms with Crippen LogP contribution in [0.25, 0.3) is 0 Å². The minimum Gasteiger partial charge on any atom is -1.00 e. The molecule has 1 saturated heterocycles. The topological polar surface area (TPSA) is 91.7 Å². The number of halogens is 1. The molecule has 8 heteroatoms. The molecule has 1 fully saturated rings.